The van der Waals surface area contributed by atoms with Crippen LogP contribution in [0.3, 0.4) is 0 Å². The van der Waals surface area contributed by atoms with Gasteiger partial charge >= 0.3 is 0 Å². The van der Waals surface area contributed by atoms with Crippen molar-refractivity contribution in [2.24, 2.45) is 0 Å². The molecular weight excluding hydrogens is 446 g/mol. The van der Waals surface area contributed by atoms with E-state index in [0.717, 1.165) is 19.3 Å². The molecule has 3 rings (SSSR count). The van der Waals surface area contributed by atoms with E-state index in [1.807, 2.05) is 0 Å². The Labute approximate surface area is 181 Å². The van der Waals surface area contributed by atoms with Gasteiger partial charge in [-0.05, 0) is 36.6 Å². The van der Waals surface area contributed by atoms with Crippen LogP contribution in [0.15, 0.2) is 47.4 Å². The average Bonchev–Trinajstić information content (AvgIpc) is 2.73. The summed E-state index contributed by atoms with van der Waals surface area (Å²) in [5, 5.41) is 10.9. The fraction of sp³-hybridized carbons (Fsp3) is 0.368. The standard InChI is InChI=1S/C19H23N3O7S2/c1-29-18-9-8-16(13-19(18)31(27,28)21-10-3-2-4-11-21)20-30(25,26)14-15-6-5-7-17(12-15)22(23)24/h5-9,12-13,20H,2-4,10-11,14H2,1H3. The van der Waals surface area contributed by atoms with Crippen molar-refractivity contribution >= 4 is 31.4 Å². The number of nitrogens with one attached hydrogen (secondary N) is 1. The highest BCUT2D eigenvalue weighted by molar-refractivity contribution is 7.92. The molecule has 1 N–H and O–H groups in total. The first-order valence-corrected chi connectivity index (χ1v) is 12.6. The number of sulfonamides is 2. The van der Waals surface area contributed by atoms with Gasteiger partial charge in [0.2, 0.25) is 20.0 Å². The van der Waals surface area contributed by atoms with Crippen LogP contribution < -0.4 is 9.46 Å². The van der Waals surface area contributed by atoms with Gasteiger partial charge in [0.1, 0.15) is 10.6 Å². The molecule has 12 heteroatoms. The quantitative estimate of drug-likeness (QED) is 0.464. The van der Waals surface area contributed by atoms with Crippen molar-refractivity contribution < 1.29 is 26.5 Å². The molecule has 0 atom stereocenters. The molecule has 168 valence electrons. The molecule has 0 unspecified atom stereocenters. The van der Waals surface area contributed by atoms with Gasteiger partial charge in [-0.25, -0.2) is 16.8 Å². The lowest BCUT2D eigenvalue weighted by Crippen LogP contribution is -2.35. The monoisotopic (exact) mass is 469 g/mol. The van der Waals surface area contributed by atoms with Gasteiger partial charge in [-0.15, -0.1) is 0 Å². The van der Waals surface area contributed by atoms with E-state index in [1.54, 1.807) is 0 Å². The zero-order chi connectivity index (χ0) is 22.6. The van der Waals surface area contributed by atoms with Crippen molar-refractivity contribution in [1.82, 2.24) is 4.31 Å². The molecule has 1 aliphatic heterocycles. The molecule has 0 radical (unpaired) electrons. The number of piperidine rings is 1. The second kappa shape index (κ2) is 9.20. The van der Waals surface area contributed by atoms with Crippen LogP contribution in [0.1, 0.15) is 24.8 Å². The van der Waals surface area contributed by atoms with Gasteiger partial charge in [0, 0.05) is 25.2 Å². The summed E-state index contributed by atoms with van der Waals surface area (Å²) in [5.41, 5.74) is 0.0743. The molecule has 31 heavy (non-hydrogen) atoms. The predicted molar refractivity (Wildman–Crippen MR) is 115 cm³/mol. The minimum absolute atomic E-state index is 0.0572. The van der Waals surface area contributed by atoms with Gasteiger partial charge in [0.25, 0.3) is 5.69 Å². The lowest BCUT2D eigenvalue weighted by atomic mass is 10.2. The maximum atomic E-state index is 13.1. The number of hydrogen-bond donors (Lipinski definition) is 1. The first kappa shape index (κ1) is 23.0. The lowest BCUT2D eigenvalue weighted by Gasteiger charge is -2.26. The molecule has 1 saturated heterocycles. The SMILES string of the molecule is COc1ccc(NS(=O)(=O)Cc2cccc([N+](=O)[O-])c2)cc1S(=O)(=O)N1CCCCC1. The zero-order valence-corrected chi connectivity index (χ0v) is 18.5. The minimum atomic E-state index is -3.96. The molecule has 0 aliphatic carbocycles. The minimum Gasteiger partial charge on any atom is -0.495 e. The number of methoxy groups -OCH3 is 1. The highest BCUT2D eigenvalue weighted by Crippen LogP contribution is 2.31. The Balaban J connectivity index is 1.87. The number of anilines is 1. The average molecular weight is 470 g/mol. The van der Waals surface area contributed by atoms with Crippen LogP contribution in [0.2, 0.25) is 0 Å². The van der Waals surface area contributed by atoms with Gasteiger partial charge in [-0.2, -0.15) is 4.31 Å². The fourth-order valence-electron chi connectivity index (χ4n) is 3.38. The molecule has 0 bridgehead atoms. The van der Waals surface area contributed by atoms with Crippen LogP contribution in [0.5, 0.6) is 5.75 Å². The van der Waals surface area contributed by atoms with E-state index in [0.29, 0.717) is 13.1 Å². The number of non-ortho nitro benzene ring substituents is 1. The largest absolute Gasteiger partial charge is 0.495 e. The van der Waals surface area contributed by atoms with Crippen molar-refractivity contribution in [3.8, 4) is 5.75 Å². The summed E-state index contributed by atoms with van der Waals surface area (Å²) in [6.45, 7) is 0.794. The van der Waals surface area contributed by atoms with E-state index in [2.05, 4.69) is 4.72 Å². The Kier molecular flexibility index (Phi) is 6.82. The maximum Gasteiger partial charge on any atom is 0.269 e. The van der Waals surface area contributed by atoms with Crippen LogP contribution in [-0.4, -0.2) is 46.3 Å². The number of nitro benzene ring substituents is 1. The van der Waals surface area contributed by atoms with Crippen molar-refractivity contribution in [3.63, 3.8) is 0 Å². The van der Waals surface area contributed by atoms with E-state index >= 15 is 0 Å². The number of hydrogen-bond acceptors (Lipinski definition) is 7. The van der Waals surface area contributed by atoms with Gasteiger partial charge in [0.15, 0.2) is 0 Å². The molecule has 10 nitrogen and oxygen atoms in total. The normalized spacial score (nSPS) is 15.4. The first-order valence-electron chi connectivity index (χ1n) is 9.54. The molecule has 0 spiro atoms. The number of benzene rings is 2. The van der Waals surface area contributed by atoms with Crippen molar-refractivity contribution in [1.29, 1.82) is 0 Å². The Morgan fingerprint density at radius 1 is 1.06 bits per heavy atom. The van der Waals surface area contributed by atoms with Crippen LogP contribution >= 0.6 is 0 Å². The van der Waals surface area contributed by atoms with Gasteiger partial charge < -0.3 is 4.74 Å². The molecule has 0 aromatic heterocycles. The molecule has 0 amide bonds. The van der Waals surface area contributed by atoms with E-state index < -0.39 is 30.7 Å². The number of nitro groups is 1. The number of rotatable bonds is 8. The maximum absolute atomic E-state index is 13.1. The third kappa shape index (κ3) is 5.51. The van der Waals surface area contributed by atoms with E-state index in [-0.39, 0.29) is 27.6 Å². The highest BCUT2D eigenvalue weighted by atomic mass is 32.2. The molecule has 0 saturated carbocycles. The Morgan fingerprint density at radius 3 is 2.42 bits per heavy atom. The molecular formula is C19H23N3O7S2. The number of ether oxygens (including phenoxy) is 1. The third-order valence-corrected chi connectivity index (χ3v) is 8.03. The lowest BCUT2D eigenvalue weighted by molar-refractivity contribution is -0.384. The second-order valence-corrected chi connectivity index (χ2v) is 10.7. The van der Waals surface area contributed by atoms with Crippen LogP contribution in [0, 0.1) is 10.1 Å². The summed E-state index contributed by atoms with van der Waals surface area (Å²) in [5.74, 6) is -0.387. The van der Waals surface area contributed by atoms with Crippen molar-refractivity contribution in [3.05, 3.63) is 58.1 Å². The Morgan fingerprint density at radius 2 is 1.77 bits per heavy atom. The van der Waals surface area contributed by atoms with Crippen LogP contribution in [0.25, 0.3) is 0 Å². The Bertz CT molecular complexity index is 1170. The predicted octanol–water partition coefficient (Wildman–Crippen LogP) is 2.72. The van der Waals surface area contributed by atoms with Gasteiger partial charge in [-0.1, -0.05) is 18.6 Å². The summed E-state index contributed by atoms with van der Waals surface area (Å²) in [6, 6.07) is 9.34. The van der Waals surface area contributed by atoms with E-state index in [4.69, 9.17) is 4.74 Å². The van der Waals surface area contributed by atoms with Gasteiger partial charge in [-0.3, -0.25) is 14.8 Å². The van der Waals surface area contributed by atoms with Gasteiger partial charge in [0.05, 0.1) is 23.5 Å². The van der Waals surface area contributed by atoms with Crippen LogP contribution in [-0.2, 0) is 25.8 Å². The smallest absolute Gasteiger partial charge is 0.269 e. The first-order chi connectivity index (χ1) is 14.6. The summed E-state index contributed by atoms with van der Waals surface area (Å²) in [4.78, 5) is 10.2. The molecule has 1 aliphatic rings. The molecule has 1 fully saturated rings. The van der Waals surface area contributed by atoms with Crippen LogP contribution in [0.4, 0.5) is 11.4 Å². The number of nitrogens with zero attached hydrogens (tertiary/aromatic N) is 2. The summed E-state index contributed by atoms with van der Waals surface area (Å²) < 4.78 is 60.3. The van der Waals surface area contributed by atoms with Crippen molar-refractivity contribution in [2.45, 2.75) is 29.9 Å². The summed E-state index contributed by atoms with van der Waals surface area (Å²) in [7, 11) is -6.47. The van der Waals surface area contributed by atoms with E-state index in [9.17, 15) is 26.9 Å². The fourth-order valence-corrected chi connectivity index (χ4v) is 6.26. The molecule has 2 aromatic carbocycles. The van der Waals surface area contributed by atoms with Crippen molar-refractivity contribution in [2.75, 3.05) is 24.9 Å². The summed E-state index contributed by atoms with van der Waals surface area (Å²) >= 11 is 0. The Hall–Kier alpha value is -2.70. The highest BCUT2D eigenvalue weighted by Gasteiger charge is 2.29. The molecule has 1 heterocycles. The zero-order valence-electron chi connectivity index (χ0n) is 16.9. The van der Waals surface area contributed by atoms with E-state index in [1.165, 1.54) is 53.9 Å². The topological polar surface area (TPSA) is 136 Å². The molecule has 2 aromatic rings. The second-order valence-electron chi connectivity index (χ2n) is 7.12. The third-order valence-electron chi connectivity index (χ3n) is 4.85. The summed E-state index contributed by atoms with van der Waals surface area (Å²) in [6.07, 6.45) is 2.48.